The average Bonchev–Trinajstić information content (AvgIpc) is 2.96. The number of allylic oxidation sites excluding steroid dienone is 4. The van der Waals surface area contributed by atoms with Crippen LogP contribution < -0.4 is 5.32 Å². The van der Waals surface area contributed by atoms with Gasteiger partial charge < -0.3 is 20.6 Å². The molecule has 40 heavy (non-hydrogen) atoms. The van der Waals surface area contributed by atoms with Crippen LogP contribution in [0.4, 0.5) is 0 Å². The second-order valence-electron chi connectivity index (χ2n) is 11.7. The highest BCUT2D eigenvalue weighted by Crippen LogP contribution is 2.13. The Bertz CT molecular complexity index is 592. The van der Waals surface area contributed by atoms with Crippen LogP contribution in [0, 0.1) is 0 Å². The first-order chi connectivity index (χ1) is 19.6. The molecule has 0 fully saturated rings. The van der Waals surface area contributed by atoms with Crippen molar-refractivity contribution in [3.8, 4) is 0 Å². The quantitative estimate of drug-likeness (QED) is 0.0518. The fourth-order valence-electron chi connectivity index (χ4n) is 5.02. The monoisotopic (exact) mass is 566 g/mol. The minimum absolute atomic E-state index is 0.171. The van der Waals surface area contributed by atoms with E-state index < -0.39 is 18.2 Å². The molecule has 0 bridgehead atoms. The number of unbranched alkanes of at least 4 members (excludes halogenated alkanes) is 18. The minimum Gasteiger partial charge on any atom is -0.394 e. The zero-order valence-electron chi connectivity index (χ0n) is 26.5. The van der Waals surface area contributed by atoms with Crippen molar-refractivity contribution in [1.82, 2.24) is 5.32 Å². The summed E-state index contributed by atoms with van der Waals surface area (Å²) in [5.74, 6) is -0.171. The lowest BCUT2D eigenvalue weighted by Gasteiger charge is -2.26. The van der Waals surface area contributed by atoms with E-state index >= 15 is 0 Å². The molecular weight excluding hydrogens is 498 g/mol. The Kier molecular flexibility index (Phi) is 29.9. The maximum absolute atomic E-state index is 12.3. The van der Waals surface area contributed by atoms with Gasteiger partial charge in [0.25, 0.3) is 0 Å². The van der Waals surface area contributed by atoms with Crippen molar-refractivity contribution < 1.29 is 20.1 Å². The molecule has 236 valence electrons. The van der Waals surface area contributed by atoms with E-state index in [0.717, 1.165) is 51.4 Å². The highest BCUT2D eigenvalue weighted by molar-refractivity contribution is 5.76. The van der Waals surface area contributed by atoms with Gasteiger partial charge in [0.05, 0.1) is 18.8 Å². The van der Waals surface area contributed by atoms with E-state index in [1.165, 1.54) is 89.9 Å². The summed E-state index contributed by atoms with van der Waals surface area (Å²) in [6.45, 7) is 4.09. The Morgan fingerprint density at radius 2 is 1.02 bits per heavy atom. The van der Waals surface area contributed by atoms with Crippen molar-refractivity contribution in [2.45, 2.75) is 186 Å². The summed E-state index contributed by atoms with van der Waals surface area (Å²) >= 11 is 0. The Balaban J connectivity index is 3.77. The van der Waals surface area contributed by atoms with E-state index in [1.807, 2.05) is 0 Å². The highest BCUT2D eigenvalue weighted by Gasteiger charge is 2.26. The van der Waals surface area contributed by atoms with Gasteiger partial charge in [0.1, 0.15) is 6.10 Å². The Morgan fingerprint density at radius 3 is 1.52 bits per heavy atom. The molecule has 5 heteroatoms. The molecule has 0 aromatic rings. The lowest BCUT2D eigenvalue weighted by Crippen LogP contribution is -2.50. The van der Waals surface area contributed by atoms with Gasteiger partial charge in [-0.3, -0.25) is 4.79 Å². The molecule has 1 amide bonds. The molecule has 0 aromatic heterocycles. The standard InChI is InChI=1S/C35H67NO4/c1-3-5-7-9-11-13-15-16-17-18-19-20-21-23-25-27-29-33(38)35(40)32(31-37)36-34(39)30-28-26-24-22-14-12-10-8-6-4-2/h10,12,21,23,32-33,35,37-38,40H,3-9,11,13-20,22,24-31H2,1-2H3,(H,36,39)/b12-10-,23-21+. The van der Waals surface area contributed by atoms with Crippen LogP contribution in [0.15, 0.2) is 24.3 Å². The summed E-state index contributed by atoms with van der Waals surface area (Å²) in [4.78, 5) is 12.3. The maximum atomic E-state index is 12.3. The highest BCUT2D eigenvalue weighted by atomic mass is 16.3. The van der Waals surface area contributed by atoms with Crippen molar-refractivity contribution in [2.24, 2.45) is 0 Å². The van der Waals surface area contributed by atoms with Crippen LogP contribution in [0.25, 0.3) is 0 Å². The molecule has 0 radical (unpaired) electrons. The number of hydrogen-bond donors (Lipinski definition) is 4. The molecule has 0 saturated carbocycles. The largest absolute Gasteiger partial charge is 0.394 e. The Hall–Kier alpha value is -1.17. The van der Waals surface area contributed by atoms with Gasteiger partial charge in [-0.15, -0.1) is 0 Å². The molecule has 0 aliphatic heterocycles. The number of aliphatic hydroxyl groups is 3. The maximum Gasteiger partial charge on any atom is 0.220 e. The van der Waals surface area contributed by atoms with Crippen molar-refractivity contribution in [3.05, 3.63) is 24.3 Å². The first kappa shape index (κ1) is 38.8. The van der Waals surface area contributed by atoms with E-state index in [-0.39, 0.29) is 12.5 Å². The van der Waals surface area contributed by atoms with Crippen LogP contribution in [0.3, 0.4) is 0 Å². The zero-order valence-corrected chi connectivity index (χ0v) is 26.5. The molecule has 0 heterocycles. The van der Waals surface area contributed by atoms with E-state index in [4.69, 9.17) is 0 Å². The Labute approximate surface area is 248 Å². The topological polar surface area (TPSA) is 89.8 Å². The van der Waals surface area contributed by atoms with Crippen LogP contribution in [-0.2, 0) is 4.79 Å². The van der Waals surface area contributed by atoms with Crippen molar-refractivity contribution in [1.29, 1.82) is 0 Å². The first-order valence-electron chi connectivity index (χ1n) is 17.1. The predicted octanol–water partition coefficient (Wildman–Crippen LogP) is 8.70. The predicted molar refractivity (Wildman–Crippen MR) is 171 cm³/mol. The summed E-state index contributed by atoms with van der Waals surface area (Å²) in [7, 11) is 0. The molecule has 0 aliphatic carbocycles. The number of rotatable bonds is 30. The normalized spacial score (nSPS) is 14.2. The number of aliphatic hydroxyl groups excluding tert-OH is 3. The molecule has 0 aromatic carbocycles. The number of carbonyl (C=O) groups excluding carboxylic acids is 1. The summed E-state index contributed by atoms with van der Waals surface area (Å²) in [6, 6.07) is -0.827. The van der Waals surface area contributed by atoms with Gasteiger partial charge >= 0.3 is 0 Å². The van der Waals surface area contributed by atoms with Gasteiger partial charge in [0, 0.05) is 6.42 Å². The van der Waals surface area contributed by atoms with Crippen LogP contribution >= 0.6 is 0 Å². The third-order valence-electron chi connectivity index (χ3n) is 7.78. The van der Waals surface area contributed by atoms with Crippen molar-refractivity contribution >= 4 is 5.91 Å². The van der Waals surface area contributed by atoms with Crippen LogP contribution in [0.5, 0.6) is 0 Å². The van der Waals surface area contributed by atoms with E-state index in [9.17, 15) is 20.1 Å². The number of hydrogen-bond acceptors (Lipinski definition) is 4. The van der Waals surface area contributed by atoms with E-state index in [2.05, 4.69) is 43.5 Å². The third-order valence-corrected chi connectivity index (χ3v) is 7.78. The smallest absolute Gasteiger partial charge is 0.220 e. The second-order valence-corrected chi connectivity index (χ2v) is 11.7. The SMILES string of the molecule is CCCC/C=C\CCCCCCC(=O)NC(CO)C(O)C(O)CCC/C=C/CCCCCCCCCCCCC. The zero-order chi connectivity index (χ0) is 29.5. The van der Waals surface area contributed by atoms with Gasteiger partial charge in [0.2, 0.25) is 5.91 Å². The molecule has 0 aliphatic rings. The average molecular weight is 566 g/mol. The van der Waals surface area contributed by atoms with Gasteiger partial charge in [-0.1, -0.05) is 128 Å². The summed E-state index contributed by atoms with van der Waals surface area (Å²) < 4.78 is 0. The summed E-state index contributed by atoms with van der Waals surface area (Å²) in [6.07, 6.45) is 34.1. The second kappa shape index (κ2) is 30.8. The van der Waals surface area contributed by atoms with Crippen LogP contribution in [0.1, 0.15) is 168 Å². The molecule has 5 nitrogen and oxygen atoms in total. The summed E-state index contributed by atoms with van der Waals surface area (Å²) in [5, 5.41) is 33.2. The lowest BCUT2D eigenvalue weighted by atomic mass is 10.0. The van der Waals surface area contributed by atoms with Gasteiger partial charge in [-0.05, 0) is 57.8 Å². The van der Waals surface area contributed by atoms with Crippen molar-refractivity contribution in [3.63, 3.8) is 0 Å². The molecule has 3 atom stereocenters. The number of nitrogens with one attached hydrogen (secondary N) is 1. The third kappa shape index (κ3) is 25.8. The van der Waals surface area contributed by atoms with E-state index in [1.54, 1.807) is 0 Å². The Morgan fingerprint density at radius 1 is 0.600 bits per heavy atom. The fourth-order valence-corrected chi connectivity index (χ4v) is 5.02. The number of carbonyl (C=O) groups is 1. The molecule has 0 rings (SSSR count). The minimum atomic E-state index is -1.16. The van der Waals surface area contributed by atoms with Crippen LogP contribution in [-0.4, -0.2) is 46.1 Å². The first-order valence-corrected chi connectivity index (χ1v) is 17.1. The molecule has 3 unspecified atom stereocenters. The molecule has 0 saturated heterocycles. The van der Waals surface area contributed by atoms with Gasteiger partial charge in [-0.25, -0.2) is 0 Å². The van der Waals surface area contributed by atoms with Gasteiger partial charge in [0.15, 0.2) is 0 Å². The van der Waals surface area contributed by atoms with Crippen LogP contribution in [0.2, 0.25) is 0 Å². The van der Waals surface area contributed by atoms with E-state index in [0.29, 0.717) is 12.8 Å². The van der Waals surface area contributed by atoms with Crippen molar-refractivity contribution in [2.75, 3.05) is 6.61 Å². The van der Waals surface area contributed by atoms with Gasteiger partial charge in [-0.2, -0.15) is 0 Å². The lowest BCUT2D eigenvalue weighted by molar-refractivity contribution is -0.124. The molecule has 4 N–H and O–H groups in total. The molecular formula is C35H67NO4. The number of amides is 1. The summed E-state index contributed by atoms with van der Waals surface area (Å²) in [5.41, 5.74) is 0. The molecule has 0 spiro atoms. The fraction of sp³-hybridized carbons (Fsp3) is 0.857.